The molecule has 0 radical (unpaired) electrons. The van der Waals surface area contributed by atoms with Gasteiger partial charge in [0.15, 0.2) is 5.13 Å². The maximum absolute atomic E-state index is 12.4. The van der Waals surface area contributed by atoms with Crippen molar-refractivity contribution in [2.45, 2.75) is 18.7 Å². The summed E-state index contributed by atoms with van der Waals surface area (Å²) in [6.07, 6.45) is 1.72. The zero-order valence-electron chi connectivity index (χ0n) is 14.7. The Kier molecular flexibility index (Phi) is 6.20. The topological polar surface area (TPSA) is 76.0 Å². The van der Waals surface area contributed by atoms with Gasteiger partial charge < -0.3 is 0 Å². The standard InChI is InChI=1S/C18H17ClN4O2S2/c1-11-9-15(12(2)23(11)18-20-7-8-26-18)17(25)22-21-16(24)10-27-14-5-3-13(19)4-6-14/h3-9H,10H2,1-2H3,(H,21,24)(H,22,25). The maximum Gasteiger partial charge on any atom is 0.271 e. The van der Waals surface area contributed by atoms with Gasteiger partial charge in [-0.3, -0.25) is 25.0 Å². The quantitative estimate of drug-likeness (QED) is 0.486. The van der Waals surface area contributed by atoms with E-state index in [2.05, 4.69) is 15.8 Å². The van der Waals surface area contributed by atoms with Crippen molar-refractivity contribution in [2.75, 3.05) is 5.75 Å². The number of thioether (sulfide) groups is 1. The average molecular weight is 421 g/mol. The second-order valence-corrected chi connectivity index (χ2v) is 8.04. The van der Waals surface area contributed by atoms with Crippen molar-refractivity contribution in [2.24, 2.45) is 0 Å². The summed E-state index contributed by atoms with van der Waals surface area (Å²) in [5.41, 5.74) is 7.08. The predicted octanol–water partition coefficient (Wildman–Crippen LogP) is 3.76. The van der Waals surface area contributed by atoms with Gasteiger partial charge in [-0.1, -0.05) is 11.6 Å². The van der Waals surface area contributed by atoms with E-state index in [9.17, 15) is 9.59 Å². The van der Waals surface area contributed by atoms with Crippen molar-refractivity contribution in [3.05, 3.63) is 63.9 Å². The lowest BCUT2D eigenvalue weighted by Crippen LogP contribution is -2.42. The van der Waals surface area contributed by atoms with Gasteiger partial charge in [-0.2, -0.15) is 0 Å². The number of nitrogens with one attached hydrogen (secondary N) is 2. The van der Waals surface area contributed by atoms with E-state index in [1.54, 1.807) is 24.4 Å². The molecule has 27 heavy (non-hydrogen) atoms. The minimum Gasteiger partial charge on any atom is -0.294 e. The second kappa shape index (κ2) is 8.60. The van der Waals surface area contributed by atoms with Crippen LogP contribution in [0.5, 0.6) is 0 Å². The first kappa shape index (κ1) is 19.5. The number of thiazole rings is 1. The third-order valence-electron chi connectivity index (χ3n) is 3.79. The van der Waals surface area contributed by atoms with E-state index in [1.807, 2.05) is 35.9 Å². The van der Waals surface area contributed by atoms with Crippen LogP contribution in [0.2, 0.25) is 5.02 Å². The van der Waals surface area contributed by atoms with E-state index in [0.29, 0.717) is 10.6 Å². The predicted molar refractivity (Wildman–Crippen MR) is 109 cm³/mol. The number of hydrazine groups is 1. The van der Waals surface area contributed by atoms with Crippen LogP contribution in [-0.2, 0) is 4.79 Å². The van der Waals surface area contributed by atoms with Crippen LogP contribution in [-0.4, -0.2) is 27.1 Å². The molecule has 3 aromatic rings. The lowest BCUT2D eigenvalue weighted by molar-refractivity contribution is -0.119. The summed E-state index contributed by atoms with van der Waals surface area (Å²) in [4.78, 5) is 29.6. The molecule has 0 aliphatic rings. The van der Waals surface area contributed by atoms with Crippen LogP contribution in [0.15, 0.2) is 46.8 Å². The van der Waals surface area contributed by atoms with Crippen molar-refractivity contribution in [1.82, 2.24) is 20.4 Å². The zero-order valence-corrected chi connectivity index (χ0v) is 17.0. The van der Waals surface area contributed by atoms with E-state index in [0.717, 1.165) is 21.4 Å². The lowest BCUT2D eigenvalue weighted by Gasteiger charge is -2.08. The Morgan fingerprint density at radius 3 is 2.63 bits per heavy atom. The van der Waals surface area contributed by atoms with E-state index < -0.39 is 0 Å². The summed E-state index contributed by atoms with van der Waals surface area (Å²) in [5, 5.41) is 3.32. The van der Waals surface area contributed by atoms with Gasteiger partial charge in [-0.15, -0.1) is 23.1 Å². The van der Waals surface area contributed by atoms with Gasteiger partial charge in [-0.25, -0.2) is 4.98 Å². The van der Waals surface area contributed by atoms with E-state index in [-0.39, 0.29) is 17.6 Å². The summed E-state index contributed by atoms with van der Waals surface area (Å²) < 4.78 is 1.91. The number of halogens is 1. The molecule has 0 aliphatic carbocycles. The monoisotopic (exact) mass is 420 g/mol. The summed E-state index contributed by atoms with van der Waals surface area (Å²) >= 11 is 8.69. The molecule has 0 bridgehead atoms. The number of aryl methyl sites for hydroxylation is 1. The Balaban J connectivity index is 1.57. The Morgan fingerprint density at radius 1 is 1.22 bits per heavy atom. The lowest BCUT2D eigenvalue weighted by atomic mass is 10.2. The molecule has 1 aromatic carbocycles. The molecule has 2 aromatic heterocycles. The molecule has 2 heterocycles. The third kappa shape index (κ3) is 4.71. The van der Waals surface area contributed by atoms with Crippen LogP contribution in [0.1, 0.15) is 21.7 Å². The number of carbonyl (C=O) groups excluding carboxylic acids is 2. The van der Waals surface area contributed by atoms with Gasteiger partial charge >= 0.3 is 0 Å². The number of hydrogen-bond donors (Lipinski definition) is 2. The smallest absolute Gasteiger partial charge is 0.271 e. The number of amides is 2. The number of benzene rings is 1. The highest BCUT2D eigenvalue weighted by atomic mass is 35.5. The molecule has 0 spiro atoms. The van der Waals surface area contributed by atoms with Gasteiger partial charge in [0.05, 0.1) is 11.3 Å². The minimum absolute atomic E-state index is 0.181. The molecule has 140 valence electrons. The fourth-order valence-corrected chi connectivity index (χ4v) is 4.10. The second-order valence-electron chi connectivity index (χ2n) is 5.68. The van der Waals surface area contributed by atoms with E-state index in [1.165, 1.54) is 23.1 Å². The first-order valence-corrected chi connectivity index (χ1v) is 10.3. The molecule has 9 heteroatoms. The first-order valence-electron chi connectivity index (χ1n) is 8.02. The van der Waals surface area contributed by atoms with Crippen molar-refractivity contribution >= 4 is 46.5 Å². The van der Waals surface area contributed by atoms with Crippen LogP contribution < -0.4 is 10.9 Å². The third-order valence-corrected chi connectivity index (χ3v) is 5.81. The Labute approximate surface area is 169 Å². The Morgan fingerprint density at radius 2 is 1.96 bits per heavy atom. The van der Waals surface area contributed by atoms with Crippen LogP contribution in [0.4, 0.5) is 0 Å². The molecular weight excluding hydrogens is 404 g/mol. The van der Waals surface area contributed by atoms with Crippen LogP contribution in [0, 0.1) is 13.8 Å². The number of hydrogen-bond acceptors (Lipinski definition) is 5. The average Bonchev–Trinajstić information content (AvgIpc) is 3.27. The molecular formula is C18H17ClN4O2S2. The van der Waals surface area contributed by atoms with E-state index >= 15 is 0 Å². The Bertz CT molecular complexity index is 953. The van der Waals surface area contributed by atoms with Crippen molar-refractivity contribution < 1.29 is 9.59 Å². The van der Waals surface area contributed by atoms with Crippen molar-refractivity contribution in [1.29, 1.82) is 0 Å². The molecule has 0 saturated heterocycles. The van der Waals surface area contributed by atoms with E-state index in [4.69, 9.17) is 11.6 Å². The first-order chi connectivity index (χ1) is 13.0. The largest absolute Gasteiger partial charge is 0.294 e. The maximum atomic E-state index is 12.4. The zero-order chi connectivity index (χ0) is 19.4. The highest BCUT2D eigenvalue weighted by Gasteiger charge is 2.18. The van der Waals surface area contributed by atoms with Gasteiger partial charge in [-0.05, 0) is 44.2 Å². The Hall–Kier alpha value is -2.29. The summed E-state index contributed by atoms with van der Waals surface area (Å²) in [5.74, 6) is -0.479. The molecule has 0 aliphatic heterocycles. The molecule has 2 amide bonds. The summed E-state index contributed by atoms with van der Waals surface area (Å²) in [6, 6.07) is 8.99. The van der Waals surface area contributed by atoms with Gasteiger partial charge in [0.1, 0.15) is 0 Å². The molecule has 0 unspecified atom stereocenters. The summed E-state index contributed by atoms with van der Waals surface area (Å²) in [6.45, 7) is 3.76. The minimum atomic E-state index is -0.365. The normalized spacial score (nSPS) is 10.6. The van der Waals surface area contributed by atoms with Crippen LogP contribution >= 0.6 is 34.7 Å². The summed E-state index contributed by atoms with van der Waals surface area (Å²) in [7, 11) is 0. The number of aromatic nitrogens is 2. The fourth-order valence-electron chi connectivity index (χ4n) is 2.52. The SMILES string of the molecule is Cc1cc(C(=O)NNC(=O)CSc2ccc(Cl)cc2)c(C)n1-c1nccs1. The molecule has 0 atom stereocenters. The van der Waals surface area contributed by atoms with Gasteiger partial charge in [0.2, 0.25) is 5.91 Å². The van der Waals surface area contributed by atoms with Crippen LogP contribution in [0.3, 0.4) is 0 Å². The van der Waals surface area contributed by atoms with Crippen LogP contribution in [0.25, 0.3) is 5.13 Å². The molecule has 2 N–H and O–H groups in total. The number of carbonyl (C=O) groups is 2. The number of nitrogens with zero attached hydrogens (tertiary/aromatic N) is 2. The fraction of sp³-hybridized carbons (Fsp3) is 0.167. The van der Waals surface area contributed by atoms with Crippen molar-refractivity contribution in [3.8, 4) is 5.13 Å². The molecule has 0 fully saturated rings. The van der Waals surface area contributed by atoms with Crippen molar-refractivity contribution in [3.63, 3.8) is 0 Å². The van der Waals surface area contributed by atoms with Gasteiger partial charge in [0.25, 0.3) is 5.91 Å². The highest BCUT2D eigenvalue weighted by Crippen LogP contribution is 2.22. The molecule has 6 nitrogen and oxygen atoms in total. The van der Waals surface area contributed by atoms with Gasteiger partial charge in [0, 0.05) is 32.9 Å². The number of rotatable bonds is 5. The highest BCUT2D eigenvalue weighted by molar-refractivity contribution is 8.00. The molecule has 3 rings (SSSR count). The molecule has 0 saturated carbocycles.